The molecule has 2 amide bonds. The average molecular weight is 429 g/mol. The van der Waals surface area contributed by atoms with Gasteiger partial charge in [-0.2, -0.15) is 0 Å². The van der Waals surface area contributed by atoms with E-state index in [9.17, 15) is 9.59 Å². The van der Waals surface area contributed by atoms with Gasteiger partial charge in [-0.3, -0.25) is 19.5 Å². The van der Waals surface area contributed by atoms with Gasteiger partial charge < -0.3 is 14.8 Å². The molecule has 0 unspecified atom stereocenters. The highest BCUT2D eigenvalue weighted by atomic mass is 16.5. The van der Waals surface area contributed by atoms with Crippen LogP contribution in [0.2, 0.25) is 0 Å². The Morgan fingerprint density at radius 2 is 1.66 bits per heavy atom. The van der Waals surface area contributed by atoms with E-state index in [-0.39, 0.29) is 23.7 Å². The lowest BCUT2D eigenvalue weighted by Crippen LogP contribution is -2.32. The second kappa shape index (κ2) is 8.93. The minimum absolute atomic E-state index is 0.149. The number of benzene rings is 2. The van der Waals surface area contributed by atoms with Gasteiger partial charge >= 0.3 is 0 Å². The first-order chi connectivity index (χ1) is 15.5. The van der Waals surface area contributed by atoms with Crippen LogP contribution in [0.15, 0.2) is 72.7 Å². The first-order valence-electron chi connectivity index (χ1n) is 10.1. The molecule has 2 heterocycles. The molecule has 1 aliphatic rings. The molecular formula is C25H23N3O4. The van der Waals surface area contributed by atoms with Gasteiger partial charge in [-0.1, -0.05) is 18.2 Å². The topological polar surface area (TPSA) is 80.8 Å². The number of carbonyl (C=O) groups excluding carboxylic acids is 2. The van der Waals surface area contributed by atoms with E-state index >= 15 is 0 Å². The van der Waals surface area contributed by atoms with Crippen molar-refractivity contribution in [2.45, 2.75) is 13.5 Å². The lowest BCUT2D eigenvalue weighted by Gasteiger charge is -2.15. The Hall–Kier alpha value is -4.13. The lowest BCUT2D eigenvalue weighted by atomic mass is 10.0. The molecule has 0 radical (unpaired) electrons. The third-order valence-electron chi connectivity index (χ3n) is 5.22. The zero-order valence-corrected chi connectivity index (χ0v) is 18.1. The van der Waals surface area contributed by atoms with E-state index in [2.05, 4.69) is 10.3 Å². The van der Waals surface area contributed by atoms with Gasteiger partial charge in [0.2, 0.25) is 0 Å². The maximum atomic E-state index is 13.5. The van der Waals surface area contributed by atoms with Gasteiger partial charge in [-0.25, -0.2) is 0 Å². The van der Waals surface area contributed by atoms with Gasteiger partial charge in [0.1, 0.15) is 5.70 Å². The normalized spacial score (nSPS) is 13.5. The summed E-state index contributed by atoms with van der Waals surface area (Å²) in [5.74, 6) is 0.239. The highest BCUT2D eigenvalue weighted by Gasteiger charge is 2.39. The summed E-state index contributed by atoms with van der Waals surface area (Å²) in [6.45, 7) is 2.11. The van der Waals surface area contributed by atoms with Crippen LogP contribution < -0.4 is 14.8 Å². The van der Waals surface area contributed by atoms with Crippen LogP contribution in [-0.2, 0) is 16.1 Å². The standard InChI is InChI=1S/C25H23N3O4/c1-16-5-4-6-19(13-16)27-23-22(18-7-8-20(31-2)21(14-18)32-3)24(29)28(25(23)30)15-17-9-11-26-12-10-17/h4-14,27H,15H2,1-3H3. The Morgan fingerprint density at radius 1 is 0.906 bits per heavy atom. The molecule has 32 heavy (non-hydrogen) atoms. The van der Waals surface area contributed by atoms with Crippen LogP contribution in [0.3, 0.4) is 0 Å². The van der Waals surface area contributed by atoms with E-state index in [0.717, 1.165) is 16.8 Å². The van der Waals surface area contributed by atoms with Crippen molar-refractivity contribution in [3.05, 3.63) is 89.4 Å². The molecule has 7 heteroatoms. The van der Waals surface area contributed by atoms with Crippen LogP contribution in [0.5, 0.6) is 11.5 Å². The number of amides is 2. The van der Waals surface area contributed by atoms with Crippen molar-refractivity contribution >= 4 is 23.1 Å². The zero-order valence-electron chi connectivity index (χ0n) is 18.1. The molecular weight excluding hydrogens is 406 g/mol. The Morgan fingerprint density at radius 3 is 2.34 bits per heavy atom. The molecule has 1 N–H and O–H groups in total. The summed E-state index contributed by atoms with van der Waals surface area (Å²) >= 11 is 0. The number of hydrogen-bond donors (Lipinski definition) is 1. The second-order valence-electron chi connectivity index (χ2n) is 7.37. The largest absolute Gasteiger partial charge is 0.493 e. The predicted molar refractivity (Wildman–Crippen MR) is 121 cm³/mol. The first-order valence-corrected chi connectivity index (χ1v) is 10.1. The zero-order chi connectivity index (χ0) is 22.7. The number of aromatic nitrogens is 1. The number of nitrogens with zero attached hydrogens (tertiary/aromatic N) is 2. The maximum Gasteiger partial charge on any atom is 0.278 e. The average Bonchev–Trinajstić information content (AvgIpc) is 3.03. The molecule has 2 aromatic carbocycles. The molecule has 3 aromatic rings. The van der Waals surface area contributed by atoms with Gasteiger partial charge in [0, 0.05) is 18.1 Å². The van der Waals surface area contributed by atoms with Crippen molar-refractivity contribution in [1.82, 2.24) is 9.88 Å². The number of pyridine rings is 1. The van der Waals surface area contributed by atoms with Crippen molar-refractivity contribution in [3.8, 4) is 11.5 Å². The van der Waals surface area contributed by atoms with Crippen LogP contribution in [0.25, 0.3) is 5.57 Å². The number of carbonyl (C=O) groups is 2. The minimum Gasteiger partial charge on any atom is -0.493 e. The van der Waals surface area contributed by atoms with Crippen LogP contribution >= 0.6 is 0 Å². The van der Waals surface area contributed by atoms with E-state index in [1.807, 2.05) is 31.2 Å². The molecule has 0 atom stereocenters. The Labute approximate surface area is 186 Å². The molecule has 1 aromatic heterocycles. The maximum absolute atomic E-state index is 13.5. The molecule has 7 nitrogen and oxygen atoms in total. The van der Waals surface area contributed by atoms with Crippen molar-refractivity contribution in [1.29, 1.82) is 0 Å². The Bertz CT molecular complexity index is 1200. The van der Waals surface area contributed by atoms with Crippen molar-refractivity contribution < 1.29 is 19.1 Å². The van der Waals surface area contributed by atoms with Crippen molar-refractivity contribution in [2.75, 3.05) is 19.5 Å². The van der Waals surface area contributed by atoms with Gasteiger partial charge in [0.15, 0.2) is 11.5 Å². The van der Waals surface area contributed by atoms with Crippen LogP contribution in [0.4, 0.5) is 5.69 Å². The number of methoxy groups -OCH3 is 2. The fourth-order valence-corrected chi connectivity index (χ4v) is 3.63. The number of rotatable bonds is 7. The molecule has 1 aliphatic heterocycles. The van der Waals surface area contributed by atoms with Gasteiger partial charge in [-0.15, -0.1) is 0 Å². The molecule has 0 spiro atoms. The van der Waals surface area contributed by atoms with Crippen molar-refractivity contribution in [2.24, 2.45) is 0 Å². The summed E-state index contributed by atoms with van der Waals surface area (Å²) in [4.78, 5) is 32.1. The molecule has 0 saturated heterocycles. The number of ether oxygens (including phenoxy) is 2. The summed E-state index contributed by atoms with van der Waals surface area (Å²) in [6, 6.07) is 16.4. The quantitative estimate of drug-likeness (QED) is 0.576. The summed E-state index contributed by atoms with van der Waals surface area (Å²) in [5, 5.41) is 3.18. The summed E-state index contributed by atoms with van der Waals surface area (Å²) in [7, 11) is 3.07. The predicted octanol–water partition coefficient (Wildman–Crippen LogP) is 3.80. The summed E-state index contributed by atoms with van der Waals surface area (Å²) in [5.41, 5.74) is 3.64. The molecule has 162 valence electrons. The first kappa shape index (κ1) is 21.1. The van der Waals surface area contributed by atoms with E-state index in [4.69, 9.17) is 9.47 Å². The van der Waals surface area contributed by atoms with Gasteiger partial charge in [0.05, 0.1) is 26.3 Å². The monoisotopic (exact) mass is 429 g/mol. The second-order valence-corrected chi connectivity index (χ2v) is 7.37. The number of imide groups is 1. The highest BCUT2D eigenvalue weighted by molar-refractivity contribution is 6.36. The Kier molecular flexibility index (Phi) is 5.89. The van der Waals surface area contributed by atoms with E-state index in [1.54, 1.807) is 49.8 Å². The number of hydrogen-bond acceptors (Lipinski definition) is 6. The van der Waals surface area contributed by atoms with E-state index < -0.39 is 5.91 Å². The fourth-order valence-electron chi connectivity index (χ4n) is 3.63. The number of anilines is 1. The van der Waals surface area contributed by atoms with Crippen LogP contribution in [0.1, 0.15) is 16.7 Å². The molecule has 0 aliphatic carbocycles. The Balaban J connectivity index is 1.79. The van der Waals surface area contributed by atoms with Crippen LogP contribution in [0, 0.1) is 6.92 Å². The van der Waals surface area contributed by atoms with E-state index in [0.29, 0.717) is 17.1 Å². The highest BCUT2D eigenvalue weighted by Crippen LogP contribution is 2.36. The smallest absolute Gasteiger partial charge is 0.278 e. The fraction of sp³-hybridized carbons (Fsp3) is 0.160. The van der Waals surface area contributed by atoms with Crippen molar-refractivity contribution in [3.63, 3.8) is 0 Å². The van der Waals surface area contributed by atoms with Gasteiger partial charge in [0.25, 0.3) is 11.8 Å². The third-order valence-corrected chi connectivity index (χ3v) is 5.22. The summed E-state index contributed by atoms with van der Waals surface area (Å²) < 4.78 is 10.7. The molecule has 0 bridgehead atoms. The SMILES string of the molecule is COc1ccc(C2=C(Nc3cccc(C)c3)C(=O)N(Cc3ccncc3)C2=O)cc1OC. The van der Waals surface area contributed by atoms with Gasteiger partial charge in [-0.05, 0) is 60.0 Å². The third kappa shape index (κ3) is 4.05. The molecule has 4 rings (SSSR count). The van der Waals surface area contributed by atoms with Crippen LogP contribution in [-0.4, -0.2) is 35.9 Å². The number of nitrogens with one attached hydrogen (secondary N) is 1. The minimum atomic E-state index is -0.391. The molecule has 0 saturated carbocycles. The summed E-state index contributed by atoms with van der Waals surface area (Å²) in [6.07, 6.45) is 3.27. The van der Waals surface area contributed by atoms with E-state index in [1.165, 1.54) is 12.0 Å². The molecule has 0 fully saturated rings. The number of aryl methyl sites for hydroxylation is 1. The lowest BCUT2D eigenvalue weighted by molar-refractivity contribution is -0.137.